The summed E-state index contributed by atoms with van der Waals surface area (Å²) in [7, 11) is -3.94. The minimum absolute atomic E-state index is 0.371. The van der Waals surface area contributed by atoms with E-state index in [0.717, 1.165) is 30.3 Å². The number of fused-ring (bicyclic) bond motifs is 1. The average Bonchev–Trinajstić information content (AvgIpc) is 2.85. The zero-order valence-electron chi connectivity index (χ0n) is 10.9. The van der Waals surface area contributed by atoms with Crippen molar-refractivity contribution in [2.75, 3.05) is 16.6 Å². The number of hydrogen-bond acceptors (Lipinski definition) is 3. The lowest BCUT2D eigenvalue weighted by molar-refractivity contribution is 0.570. The van der Waals surface area contributed by atoms with E-state index in [-0.39, 0.29) is 4.90 Å². The topological polar surface area (TPSA) is 58.2 Å². The van der Waals surface area contributed by atoms with Crippen molar-refractivity contribution >= 4 is 37.3 Å². The molecule has 0 atom stereocenters. The first-order valence-electron chi connectivity index (χ1n) is 6.30. The highest BCUT2D eigenvalue weighted by Crippen LogP contribution is 2.27. The van der Waals surface area contributed by atoms with Crippen LogP contribution in [0.4, 0.5) is 15.8 Å². The third kappa shape index (κ3) is 2.89. The van der Waals surface area contributed by atoms with Crippen LogP contribution in [0.3, 0.4) is 0 Å². The summed E-state index contributed by atoms with van der Waals surface area (Å²) in [5.74, 6) is -0.792. The van der Waals surface area contributed by atoms with Crippen LogP contribution < -0.4 is 10.0 Å². The maximum Gasteiger partial charge on any atom is 0.264 e. The molecule has 0 radical (unpaired) electrons. The fraction of sp³-hybridized carbons (Fsp3) is 0.143. The molecule has 0 unspecified atom stereocenters. The highest BCUT2D eigenvalue weighted by molar-refractivity contribution is 9.10. The Labute approximate surface area is 130 Å². The highest BCUT2D eigenvalue weighted by Gasteiger charge is 2.20. The van der Waals surface area contributed by atoms with E-state index in [1.165, 1.54) is 12.1 Å². The van der Waals surface area contributed by atoms with Crippen LogP contribution in [0.2, 0.25) is 0 Å². The molecule has 0 spiro atoms. The normalized spacial score (nSPS) is 13.6. The minimum Gasteiger partial charge on any atom is -0.384 e. The molecule has 0 amide bonds. The molecule has 110 valence electrons. The maximum atomic E-state index is 13.8. The zero-order chi connectivity index (χ0) is 15.0. The third-order valence-electron chi connectivity index (χ3n) is 3.25. The molecule has 0 saturated heterocycles. The van der Waals surface area contributed by atoms with E-state index in [2.05, 4.69) is 26.0 Å². The number of rotatable bonds is 3. The molecule has 0 fully saturated rings. The van der Waals surface area contributed by atoms with Crippen LogP contribution in [0.1, 0.15) is 5.56 Å². The van der Waals surface area contributed by atoms with Gasteiger partial charge in [0.05, 0.1) is 0 Å². The standard InChI is InChI=1S/C14H12BrFN2O2S/c15-10-1-4-14(12(16)8-10)21(19,20)18-11-2-3-13-9(7-11)5-6-17-13/h1-4,7-8,17-18H,5-6H2. The van der Waals surface area contributed by atoms with Gasteiger partial charge in [0, 0.05) is 22.4 Å². The second-order valence-corrected chi connectivity index (χ2v) is 7.30. The summed E-state index contributed by atoms with van der Waals surface area (Å²) in [6.07, 6.45) is 0.845. The van der Waals surface area contributed by atoms with Gasteiger partial charge in [-0.25, -0.2) is 12.8 Å². The van der Waals surface area contributed by atoms with Gasteiger partial charge >= 0.3 is 0 Å². The molecule has 0 aromatic heterocycles. The summed E-state index contributed by atoms with van der Waals surface area (Å²) >= 11 is 3.10. The summed E-state index contributed by atoms with van der Waals surface area (Å²) in [5.41, 5.74) is 2.49. The quantitative estimate of drug-likeness (QED) is 0.870. The number of hydrogen-bond donors (Lipinski definition) is 2. The largest absolute Gasteiger partial charge is 0.384 e. The Kier molecular flexibility index (Phi) is 3.62. The van der Waals surface area contributed by atoms with Crippen molar-refractivity contribution in [3.05, 3.63) is 52.3 Å². The highest BCUT2D eigenvalue weighted by atomic mass is 79.9. The second kappa shape index (κ2) is 5.31. The predicted molar refractivity (Wildman–Crippen MR) is 83.5 cm³/mol. The van der Waals surface area contributed by atoms with E-state index in [1.54, 1.807) is 12.1 Å². The molecule has 7 heteroatoms. The lowest BCUT2D eigenvalue weighted by atomic mass is 10.1. The first-order chi connectivity index (χ1) is 9.95. The van der Waals surface area contributed by atoms with Gasteiger partial charge in [-0.05, 0) is 48.4 Å². The van der Waals surface area contributed by atoms with E-state index in [1.807, 2.05) is 6.07 Å². The molecular weight excluding hydrogens is 359 g/mol. The van der Waals surface area contributed by atoms with Gasteiger partial charge in [-0.3, -0.25) is 4.72 Å². The van der Waals surface area contributed by atoms with Crippen molar-refractivity contribution in [2.24, 2.45) is 0 Å². The van der Waals surface area contributed by atoms with Crippen LogP contribution in [-0.4, -0.2) is 15.0 Å². The first kappa shape index (κ1) is 14.3. The number of halogens is 2. The average molecular weight is 371 g/mol. The van der Waals surface area contributed by atoms with Gasteiger partial charge in [0.2, 0.25) is 0 Å². The van der Waals surface area contributed by atoms with E-state index in [9.17, 15) is 12.8 Å². The van der Waals surface area contributed by atoms with Gasteiger partial charge in [-0.2, -0.15) is 0 Å². The Hall–Kier alpha value is -1.60. The van der Waals surface area contributed by atoms with Crippen LogP contribution in [0.25, 0.3) is 0 Å². The summed E-state index contributed by atoms with van der Waals surface area (Å²) in [5, 5.41) is 3.19. The Morgan fingerprint density at radius 2 is 2.00 bits per heavy atom. The molecule has 0 saturated carbocycles. The zero-order valence-corrected chi connectivity index (χ0v) is 13.3. The molecule has 1 aliphatic heterocycles. The molecule has 3 rings (SSSR count). The SMILES string of the molecule is O=S(=O)(Nc1ccc2c(c1)CCN2)c1ccc(Br)cc1F. The third-order valence-corrected chi connectivity index (χ3v) is 5.16. The monoisotopic (exact) mass is 370 g/mol. The van der Waals surface area contributed by atoms with Crippen molar-refractivity contribution in [2.45, 2.75) is 11.3 Å². The van der Waals surface area contributed by atoms with Crippen LogP contribution in [0.5, 0.6) is 0 Å². The molecule has 0 bridgehead atoms. The molecular formula is C14H12BrFN2O2S. The Morgan fingerprint density at radius 1 is 1.19 bits per heavy atom. The van der Waals surface area contributed by atoms with Crippen LogP contribution >= 0.6 is 15.9 Å². The molecule has 1 aliphatic rings. The first-order valence-corrected chi connectivity index (χ1v) is 8.58. The molecule has 4 nitrogen and oxygen atoms in total. The predicted octanol–water partition coefficient (Wildman–Crippen LogP) is 3.36. The van der Waals surface area contributed by atoms with Gasteiger partial charge in [0.25, 0.3) is 10.0 Å². The molecule has 2 aromatic rings. The Morgan fingerprint density at radius 3 is 2.76 bits per heavy atom. The lowest BCUT2D eigenvalue weighted by Gasteiger charge is -2.10. The molecule has 2 aromatic carbocycles. The van der Waals surface area contributed by atoms with Crippen molar-refractivity contribution in [3.8, 4) is 0 Å². The number of sulfonamides is 1. The Bertz CT molecular complexity index is 809. The van der Waals surface area contributed by atoms with Gasteiger partial charge in [0.15, 0.2) is 0 Å². The van der Waals surface area contributed by atoms with Gasteiger partial charge < -0.3 is 5.32 Å². The van der Waals surface area contributed by atoms with Crippen LogP contribution in [-0.2, 0) is 16.4 Å². The van der Waals surface area contributed by atoms with Gasteiger partial charge in [-0.1, -0.05) is 15.9 Å². The lowest BCUT2D eigenvalue weighted by Crippen LogP contribution is -2.14. The molecule has 21 heavy (non-hydrogen) atoms. The summed E-state index contributed by atoms with van der Waals surface area (Å²) in [6, 6.07) is 9.09. The summed E-state index contributed by atoms with van der Waals surface area (Å²) < 4.78 is 41.2. The fourth-order valence-electron chi connectivity index (χ4n) is 2.27. The van der Waals surface area contributed by atoms with Crippen LogP contribution in [0, 0.1) is 5.82 Å². The fourth-order valence-corrected chi connectivity index (χ4v) is 3.71. The molecule has 2 N–H and O–H groups in total. The van der Waals surface area contributed by atoms with E-state index < -0.39 is 15.8 Å². The number of nitrogens with one attached hydrogen (secondary N) is 2. The van der Waals surface area contributed by atoms with E-state index in [0.29, 0.717) is 10.2 Å². The van der Waals surface area contributed by atoms with E-state index in [4.69, 9.17) is 0 Å². The van der Waals surface area contributed by atoms with Crippen molar-refractivity contribution in [1.82, 2.24) is 0 Å². The van der Waals surface area contributed by atoms with Crippen molar-refractivity contribution < 1.29 is 12.8 Å². The van der Waals surface area contributed by atoms with Crippen molar-refractivity contribution in [1.29, 1.82) is 0 Å². The second-order valence-electron chi connectivity index (χ2n) is 4.73. The maximum absolute atomic E-state index is 13.8. The molecule has 1 heterocycles. The van der Waals surface area contributed by atoms with Gasteiger partial charge in [-0.15, -0.1) is 0 Å². The summed E-state index contributed by atoms with van der Waals surface area (Å²) in [6.45, 7) is 0.840. The van der Waals surface area contributed by atoms with Crippen molar-refractivity contribution in [3.63, 3.8) is 0 Å². The van der Waals surface area contributed by atoms with Crippen LogP contribution in [0.15, 0.2) is 45.8 Å². The number of anilines is 2. The smallest absolute Gasteiger partial charge is 0.264 e. The number of benzene rings is 2. The Balaban J connectivity index is 1.92. The molecule has 0 aliphatic carbocycles. The van der Waals surface area contributed by atoms with Gasteiger partial charge in [0.1, 0.15) is 10.7 Å². The minimum atomic E-state index is -3.94. The van der Waals surface area contributed by atoms with E-state index >= 15 is 0 Å². The summed E-state index contributed by atoms with van der Waals surface area (Å²) in [4.78, 5) is -0.371.